The summed E-state index contributed by atoms with van der Waals surface area (Å²) in [5, 5.41) is 22.4. The Morgan fingerprint density at radius 1 is 1.62 bits per heavy atom. The number of carboxylic acid groups (broad SMARTS) is 1. The first-order chi connectivity index (χ1) is 7.50. The summed E-state index contributed by atoms with van der Waals surface area (Å²) in [7, 11) is 1.65. The largest absolute Gasteiger partial charge is 0.480 e. The number of tetrazole rings is 1. The van der Waals surface area contributed by atoms with Crippen molar-refractivity contribution < 1.29 is 14.7 Å². The first-order valence-corrected chi connectivity index (χ1v) is 5.34. The molecular weight excluding hydrogens is 234 g/mol. The molecule has 0 aromatic carbocycles. The minimum Gasteiger partial charge on any atom is -0.480 e. The molecule has 0 bridgehead atoms. The third-order valence-electron chi connectivity index (χ3n) is 1.64. The van der Waals surface area contributed by atoms with Crippen LogP contribution in [0.4, 0.5) is 0 Å². The Morgan fingerprint density at radius 3 is 2.75 bits per heavy atom. The second kappa shape index (κ2) is 5.45. The van der Waals surface area contributed by atoms with Crippen molar-refractivity contribution in [1.29, 1.82) is 0 Å². The first-order valence-electron chi connectivity index (χ1n) is 4.35. The zero-order valence-electron chi connectivity index (χ0n) is 8.75. The number of carbonyl (C=O) groups is 2. The van der Waals surface area contributed by atoms with Crippen molar-refractivity contribution in [2.75, 3.05) is 5.75 Å². The summed E-state index contributed by atoms with van der Waals surface area (Å²) >= 11 is 1.16. The Hall–Kier alpha value is -1.64. The molecule has 1 aromatic heterocycles. The third kappa shape index (κ3) is 3.50. The van der Waals surface area contributed by atoms with Gasteiger partial charge in [-0.2, -0.15) is 0 Å². The van der Waals surface area contributed by atoms with Gasteiger partial charge in [0.25, 0.3) is 0 Å². The molecule has 0 aliphatic heterocycles. The number of carboxylic acids is 1. The van der Waals surface area contributed by atoms with Crippen LogP contribution in [0.15, 0.2) is 5.16 Å². The Morgan fingerprint density at radius 2 is 2.31 bits per heavy atom. The number of amides is 1. The lowest BCUT2D eigenvalue weighted by atomic mass is 10.3. The molecule has 1 aromatic rings. The molecule has 0 fully saturated rings. The molecule has 88 valence electrons. The highest BCUT2D eigenvalue weighted by molar-refractivity contribution is 7.99. The van der Waals surface area contributed by atoms with Crippen LogP contribution in [0.3, 0.4) is 0 Å². The molecule has 0 aliphatic rings. The van der Waals surface area contributed by atoms with E-state index in [1.807, 2.05) is 0 Å². The van der Waals surface area contributed by atoms with Crippen molar-refractivity contribution in [3.05, 3.63) is 0 Å². The van der Waals surface area contributed by atoms with Crippen molar-refractivity contribution in [3.8, 4) is 0 Å². The highest BCUT2D eigenvalue weighted by Gasteiger charge is 2.19. The molecule has 0 radical (unpaired) electrons. The number of carbonyl (C=O) groups excluding carboxylic acids is 1. The fourth-order valence-corrected chi connectivity index (χ4v) is 1.78. The number of thioether (sulfide) groups is 1. The van der Waals surface area contributed by atoms with E-state index in [2.05, 4.69) is 20.8 Å². The van der Waals surface area contributed by atoms with Crippen LogP contribution >= 0.6 is 11.8 Å². The SMILES string of the molecule is CC(=O)N[C@@H](CSc1nnnn1C)C(=O)O. The fourth-order valence-electron chi connectivity index (χ4n) is 0.921. The van der Waals surface area contributed by atoms with Crippen LogP contribution in [0, 0.1) is 0 Å². The zero-order chi connectivity index (χ0) is 12.1. The summed E-state index contributed by atoms with van der Waals surface area (Å²) in [6, 6.07) is -0.945. The molecule has 0 saturated carbocycles. The van der Waals surface area contributed by atoms with Gasteiger partial charge in [-0.05, 0) is 10.4 Å². The van der Waals surface area contributed by atoms with Crippen LogP contribution in [0.25, 0.3) is 0 Å². The van der Waals surface area contributed by atoms with Gasteiger partial charge in [-0.15, -0.1) is 5.10 Å². The topological polar surface area (TPSA) is 110 Å². The van der Waals surface area contributed by atoms with E-state index in [4.69, 9.17) is 5.11 Å². The average molecular weight is 245 g/mol. The Bertz CT molecular complexity index is 393. The summed E-state index contributed by atoms with van der Waals surface area (Å²) < 4.78 is 1.43. The van der Waals surface area contributed by atoms with Gasteiger partial charge >= 0.3 is 5.97 Å². The van der Waals surface area contributed by atoms with E-state index in [1.54, 1.807) is 7.05 Å². The number of hydrogen-bond acceptors (Lipinski definition) is 6. The molecule has 0 unspecified atom stereocenters. The molecule has 1 amide bonds. The number of nitrogens with one attached hydrogen (secondary N) is 1. The van der Waals surface area contributed by atoms with Crippen molar-refractivity contribution in [2.45, 2.75) is 18.1 Å². The molecule has 8 nitrogen and oxygen atoms in total. The molecule has 1 atom stereocenters. The molecule has 0 aliphatic carbocycles. The lowest BCUT2D eigenvalue weighted by Gasteiger charge is -2.11. The maximum absolute atomic E-state index is 10.8. The van der Waals surface area contributed by atoms with E-state index in [-0.39, 0.29) is 11.7 Å². The van der Waals surface area contributed by atoms with Crippen molar-refractivity contribution in [3.63, 3.8) is 0 Å². The predicted octanol–water partition coefficient (Wildman–Crippen LogP) is -1.11. The number of rotatable bonds is 5. The van der Waals surface area contributed by atoms with Gasteiger partial charge in [0.15, 0.2) is 0 Å². The van der Waals surface area contributed by atoms with E-state index >= 15 is 0 Å². The van der Waals surface area contributed by atoms with Gasteiger partial charge in [-0.3, -0.25) is 4.79 Å². The second-order valence-corrected chi connectivity index (χ2v) is 3.97. The molecule has 1 rings (SSSR count). The van der Waals surface area contributed by atoms with Gasteiger partial charge in [-0.25, -0.2) is 9.48 Å². The normalized spacial score (nSPS) is 12.1. The van der Waals surface area contributed by atoms with Crippen LogP contribution in [0.1, 0.15) is 6.92 Å². The summed E-state index contributed by atoms with van der Waals surface area (Å²) in [5.41, 5.74) is 0. The summed E-state index contributed by atoms with van der Waals surface area (Å²) in [5.74, 6) is -1.30. The Labute approximate surface area is 95.4 Å². The quantitative estimate of drug-likeness (QED) is 0.633. The van der Waals surface area contributed by atoms with Gasteiger partial charge < -0.3 is 10.4 Å². The highest BCUT2D eigenvalue weighted by Crippen LogP contribution is 2.13. The Kier molecular flexibility index (Phi) is 4.23. The van der Waals surface area contributed by atoms with E-state index in [9.17, 15) is 9.59 Å². The van der Waals surface area contributed by atoms with E-state index < -0.39 is 12.0 Å². The number of aryl methyl sites for hydroxylation is 1. The van der Waals surface area contributed by atoms with Crippen molar-refractivity contribution in [1.82, 2.24) is 25.5 Å². The minimum atomic E-state index is -1.09. The molecule has 0 spiro atoms. The maximum Gasteiger partial charge on any atom is 0.327 e. The third-order valence-corrected chi connectivity index (χ3v) is 2.74. The van der Waals surface area contributed by atoms with E-state index in [0.717, 1.165) is 11.8 Å². The lowest BCUT2D eigenvalue weighted by Crippen LogP contribution is -2.41. The molecule has 9 heteroatoms. The van der Waals surface area contributed by atoms with Crippen LogP contribution in [-0.4, -0.2) is 49.0 Å². The number of nitrogens with zero attached hydrogens (tertiary/aromatic N) is 4. The standard InChI is InChI=1S/C7H11N5O3S/c1-4(13)8-5(6(14)15)3-16-7-9-10-11-12(7)2/h5H,3H2,1-2H3,(H,8,13)(H,14,15)/t5-/m0/s1. The van der Waals surface area contributed by atoms with E-state index in [0.29, 0.717) is 5.16 Å². The molecular formula is C7H11N5O3S. The number of aliphatic carboxylic acids is 1. The van der Waals surface area contributed by atoms with Crippen LogP contribution in [-0.2, 0) is 16.6 Å². The zero-order valence-corrected chi connectivity index (χ0v) is 9.56. The fraction of sp³-hybridized carbons (Fsp3) is 0.571. The molecule has 16 heavy (non-hydrogen) atoms. The Balaban J connectivity index is 2.53. The predicted molar refractivity (Wildman–Crippen MR) is 54.8 cm³/mol. The second-order valence-electron chi connectivity index (χ2n) is 2.99. The van der Waals surface area contributed by atoms with Gasteiger partial charge in [0.2, 0.25) is 11.1 Å². The smallest absolute Gasteiger partial charge is 0.327 e. The molecule has 2 N–H and O–H groups in total. The van der Waals surface area contributed by atoms with Crippen LogP contribution < -0.4 is 5.32 Å². The molecule has 1 heterocycles. The lowest BCUT2D eigenvalue weighted by molar-refractivity contribution is -0.140. The van der Waals surface area contributed by atoms with E-state index in [1.165, 1.54) is 11.6 Å². The van der Waals surface area contributed by atoms with Crippen molar-refractivity contribution in [2.24, 2.45) is 7.05 Å². The van der Waals surface area contributed by atoms with Gasteiger partial charge in [-0.1, -0.05) is 11.8 Å². The van der Waals surface area contributed by atoms with Crippen LogP contribution in [0.5, 0.6) is 0 Å². The van der Waals surface area contributed by atoms with Crippen LogP contribution in [0.2, 0.25) is 0 Å². The van der Waals surface area contributed by atoms with Crippen molar-refractivity contribution >= 4 is 23.6 Å². The number of hydrogen-bond donors (Lipinski definition) is 2. The summed E-state index contributed by atoms with van der Waals surface area (Å²) in [6.07, 6.45) is 0. The van der Waals surface area contributed by atoms with Gasteiger partial charge in [0.05, 0.1) is 0 Å². The first kappa shape index (κ1) is 12.4. The highest BCUT2D eigenvalue weighted by atomic mass is 32.2. The summed E-state index contributed by atoms with van der Waals surface area (Å²) in [6.45, 7) is 1.27. The maximum atomic E-state index is 10.8. The van der Waals surface area contributed by atoms with Gasteiger partial charge in [0.1, 0.15) is 6.04 Å². The molecule has 0 saturated heterocycles. The minimum absolute atomic E-state index is 0.170. The van der Waals surface area contributed by atoms with Gasteiger partial charge in [0, 0.05) is 19.7 Å². The summed E-state index contributed by atoms with van der Waals surface area (Å²) in [4.78, 5) is 21.6. The number of aromatic nitrogens is 4. The average Bonchev–Trinajstić information content (AvgIpc) is 2.57. The monoisotopic (exact) mass is 245 g/mol.